The Labute approximate surface area is 109 Å². The van der Waals surface area contributed by atoms with Gasteiger partial charge in [-0.1, -0.05) is 12.1 Å². The third-order valence-electron chi connectivity index (χ3n) is 1.83. The quantitative estimate of drug-likeness (QED) is 0.860. The fourth-order valence-corrected chi connectivity index (χ4v) is 2.08. The van der Waals surface area contributed by atoms with Crippen LogP contribution < -0.4 is 4.74 Å². The fraction of sp³-hybridized carbons (Fsp3) is 0.333. The average molecular weight is 306 g/mol. The van der Waals surface area contributed by atoms with Gasteiger partial charge in [0.2, 0.25) is 10.0 Å². The summed E-state index contributed by atoms with van der Waals surface area (Å²) in [6, 6.07) is 4.58. The van der Waals surface area contributed by atoms with Gasteiger partial charge >= 0.3 is 6.36 Å². The minimum Gasteiger partial charge on any atom is -0.404 e. The van der Waals surface area contributed by atoms with Crippen LogP contribution >= 0.6 is 12.4 Å². The lowest BCUT2D eigenvalue weighted by atomic mass is 10.3. The molecule has 0 fully saturated rings. The van der Waals surface area contributed by atoms with Crippen LogP contribution in [0.4, 0.5) is 13.2 Å². The van der Waals surface area contributed by atoms with E-state index in [2.05, 4.69) is 4.74 Å². The molecule has 0 N–H and O–H groups in total. The molecule has 1 aromatic carbocycles. The lowest BCUT2D eigenvalue weighted by molar-refractivity contribution is -0.275. The molecule has 0 atom stereocenters. The van der Waals surface area contributed by atoms with Gasteiger partial charge in [0.15, 0.2) is 0 Å². The van der Waals surface area contributed by atoms with E-state index in [4.69, 9.17) is 0 Å². The minimum atomic E-state index is -4.93. The molecule has 104 valence electrons. The van der Waals surface area contributed by atoms with Gasteiger partial charge in [0.05, 0.1) is 0 Å². The zero-order valence-corrected chi connectivity index (χ0v) is 11.1. The van der Waals surface area contributed by atoms with E-state index in [0.29, 0.717) is 0 Å². The molecule has 0 saturated carbocycles. The molecule has 1 rings (SSSR count). The smallest absolute Gasteiger partial charge is 0.404 e. The monoisotopic (exact) mass is 305 g/mol. The highest BCUT2D eigenvalue weighted by atomic mass is 35.5. The zero-order chi connectivity index (χ0) is 13.3. The normalized spacial score (nSPS) is 12.1. The van der Waals surface area contributed by atoms with Gasteiger partial charge < -0.3 is 4.74 Å². The van der Waals surface area contributed by atoms with Gasteiger partial charge in [0.25, 0.3) is 0 Å². The number of alkyl halides is 3. The SMILES string of the molecule is CN(C)S(=O)(=O)c1ccccc1OC(F)(F)F.Cl. The molecule has 0 aliphatic rings. The third-order valence-corrected chi connectivity index (χ3v) is 3.69. The predicted octanol–water partition coefficient (Wildman–Crippen LogP) is 2.26. The molecule has 0 saturated heterocycles. The Morgan fingerprint density at radius 1 is 1.17 bits per heavy atom. The van der Waals surface area contributed by atoms with Crippen LogP contribution in [0, 0.1) is 0 Å². The number of ether oxygens (including phenoxy) is 1. The zero-order valence-electron chi connectivity index (χ0n) is 9.43. The summed E-state index contributed by atoms with van der Waals surface area (Å²) in [5.41, 5.74) is 0. The number of nitrogens with zero attached hydrogens (tertiary/aromatic N) is 1. The van der Waals surface area contributed by atoms with E-state index in [0.717, 1.165) is 16.4 Å². The van der Waals surface area contributed by atoms with E-state index in [1.165, 1.54) is 26.2 Å². The maximum atomic E-state index is 12.1. The summed E-state index contributed by atoms with van der Waals surface area (Å²) in [6.07, 6.45) is -4.93. The van der Waals surface area contributed by atoms with E-state index in [1.54, 1.807) is 0 Å². The number of hydrogen-bond donors (Lipinski definition) is 0. The summed E-state index contributed by atoms with van der Waals surface area (Å²) in [4.78, 5) is -0.526. The third kappa shape index (κ3) is 4.04. The Kier molecular flexibility index (Phi) is 5.45. The summed E-state index contributed by atoms with van der Waals surface area (Å²) >= 11 is 0. The molecule has 0 bridgehead atoms. The van der Waals surface area contributed by atoms with Gasteiger partial charge in [-0.15, -0.1) is 25.6 Å². The van der Waals surface area contributed by atoms with Crippen LogP contribution in [0.15, 0.2) is 29.2 Å². The molecular formula is C9H11ClF3NO3S. The van der Waals surface area contributed by atoms with Gasteiger partial charge in [-0.3, -0.25) is 0 Å². The van der Waals surface area contributed by atoms with Crippen molar-refractivity contribution in [2.75, 3.05) is 14.1 Å². The van der Waals surface area contributed by atoms with Crippen LogP contribution in [-0.4, -0.2) is 33.2 Å². The molecule has 4 nitrogen and oxygen atoms in total. The van der Waals surface area contributed by atoms with Crippen molar-refractivity contribution in [3.8, 4) is 5.75 Å². The number of halogens is 4. The highest BCUT2D eigenvalue weighted by Crippen LogP contribution is 2.30. The number of benzene rings is 1. The van der Waals surface area contributed by atoms with Gasteiger partial charge in [-0.05, 0) is 12.1 Å². The van der Waals surface area contributed by atoms with Crippen LogP contribution in [0.25, 0.3) is 0 Å². The number of sulfonamides is 1. The first kappa shape index (κ1) is 17.0. The highest BCUT2D eigenvalue weighted by Gasteiger charge is 2.34. The lowest BCUT2D eigenvalue weighted by Crippen LogP contribution is -2.25. The maximum absolute atomic E-state index is 12.1. The predicted molar refractivity (Wildman–Crippen MR) is 61.2 cm³/mol. The van der Waals surface area contributed by atoms with Crippen LogP contribution in [0.2, 0.25) is 0 Å². The fourth-order valence-electron chi connectivity index (χ4n) is 1.07. The van der Waals surface area contributed by atoms with E-state index >= 15 is 0 Å². The largest absolute Gasteiger partial charge is 0.573 e. The Balaban J connectivity index is 0.00000289. The summed E-state index contributed by atoms with van der Waals surface area (Å²) in [6.45, 7) is 0. The first-order chi connectivity index (χ1) is 7.64. The molecule has 9 heteroatoms. The highest BCUT2D eigenvalue weighted by molar-refractivity contribution is 7.89. The van der Waals surface area contributed by atoms with Crippen molar-refractivity contribution in [3.63, 3.8) is 0 Å². The van der Waals surface area contributed by atoms with Gasteiger partial charge in [0, 0.05) is 14.1 Å². The molecule has 18 heavy (non-hydrogen) atoms. The Morgan fingerprint density at radius 2 is 1.67 bits per heavy atom. The average Bonchev–Trinajstić information content (AvgIpc) is 2.15. The summed E-state index contributed by atoms with van der Waals surface area (Å²) in [5, 5.41) is 0. The van der Waals surface area contributed by atoms with Crippen LogP contribution in [0.3, 0.4) is 0 Å². The number of para-hydroxylation sites is 1. The first-order valence-electron chi connectivity index (χ1n) is 4.42. The van der Waals surface area contributed by atoms with Gasteiger partial charge in [-0.2, -0.15) is 0 Å². The topological polar surface area (TPSA) is 46.6 Å². The molecule has 0 heterocycles. The van der Waals surface area contributed by atoms with E-state index in [1.807, 2.05) is 0 Å². The van der Waals surface area contributed by atoms with Crippen molar-refractivity contribution in [2.45, 2.75) is 11.3 Å². The molecule has 0 amide bonds. The molecular weight excluding hydrogens is 295 g/mol. The Morgan fingerprint density at radius 3 is 2.11 bits per heavy atom. The summed E-state index contributed by atoms with van der Waals surface area (Å²) in [7, 11) is -1.53. The molecule has 0 aromatic heterocycles. The standard InChI is InChI=1S/C9H10F3NO3S.ClH/c1-13(2)17(14,15)8-6-4-3-5-7(8)16-9(10,11)12;/h3-6H,1-2H3;1H. The van der Waals surface area contributed by atoms with Crippen molar-refractivity contribution in [1.82, 2.24) is 4.31 Å². The second-order valence-electron chi connectivity index (χ2n) is 3.28. The summed E-state index contributed by atoms with van der Waals surface area (Å²) in [5.74, 6) is -0.742. The van der Waals surface area contributed by atoms with Crippen molar-refractivity contribution >= 4 is 22.4 Å². The number of hydrogen-bond acceptors (Lipinski definition) is 3. The van der Waals surface area contributed by atoms with Crippen molar-refractivity contribution in [1.29, 1.82) is 0 Å². The van der Waals surface area contributed by atoms with Crippen LogP contribution in [0.5, 0.6) is 5.75 Å². The van der Waals surface area contributed by atoms with E-state index in [-0.39, 0.29) is 12.4 Å². The molecule has 0 radical (unpaired) electrons. The number of rotatable bonds is 3. The van der Waals surface area contributed by atoms with Gasteiger partial charge in [-0.25, -0.2) is 12.7 Å². The maximum Gasteiger partial charge on any atom is 0.573 e. The molecule has 0 aliphatic carbocycles. The van der Waals surface area contributed by atoms with Crippen LogP contribution in [-0.2, 0) is 10.0 Å². The molecule has 1 aromatic rings. The van der Waals surface area contributed by atoms with Crippen molar-refractivity contribution < 1.29 is 26.3 Å². The molecule has 0 unspecified atom stereocenters. The molecule has 0 spiro atoms. The summed E-state index contributed by atoms with van der Waals surface area (Å²) < 4.78 is 64.1. The van der Waals surface area contributed by atoms with E-state index < -0.39 is 27.0 Å². The van der Waals surface area contributed by atoms with Crippen molar-refractivity contribution in [3.05, 3.63) is 24.3 Å². The Hall–Kier alpha value is -0.990. The second-order valence-corrected chi connectivity index (χ2v) is 5.40. The minimum absolute atomic E-state index is 0. The molecule has 0 aliphatic heterocycles. The Bertz CT molecular complexity index is 502. The van der Waals surface area contributed by atoms with E-state index in [9.17, 15) is 21.6 Å². The van der Waals surface area contributed by atoms with Gasteiger partial charge in [0.1, 0.15) is 10.6 Å². The first-order valence-corrected chi connectivity index (χ1v) is 5.86. The second kappa shape index (κ2) is 5.77. The lowest BCUT2D eigenvalue weighted by Gasteiger charge is -2.16. The van der Waals surface area contributed by atoms with Crippen molar-refractivity contribution in [2.24, 2.45) is 0 Å². The van der Waals surface area contributed by atoms with Crippen LogP contribution in [0.1, 0.15) is 0 Å².